The zero-order valence-corrected chi connectivity index (χ0v) is 10.7. The fourth-order valence-electron chi connectivity index (χ4n) is 0.927. The van der Waals surface area contributed by atoms with Crippen LogP contribution in [0.5, 0.6) is 0 Å². The minimum absolute atomic E-state index is 0.00374. The third kappa shape index (κ3) is 4.92. The van der Waals surface area contributed by atoms with Gasteiger partial charge in [0.1, 0.15) is 0 Å². The van der Waals surface area contributed by atoms with Crippen LogP contribution in [0.25, 0.3) is 0 Å². The Morgan fingerprint density at radius 1 is 1.44 bits per heavy atom. The zero-order valence-electron chi connectivity index (χ0n) is 9.03. The van der Waals surface area contributed by atoms with Gasteiger partial charge in [0.05, 0.1) is 4.88 Å². The van der Waals surface area contributed by atoms with Gasteiger partial charge in [0.15, 0.2) is 11.0 Å². The molecule has 1 aromatic rings. The summed E-state index contributed by atoms with van der Waals surface area (Å²) in [5.41, 5.74) is 5.41. The molecule has 0 atom stereocenters. The van der Waals surface area contributed by atoms with Crippen LogP contribution in [0, 0.1) is 0 Å². The molecule has 3 nitrogen and oxygen atoms in total. The molecule has 98 valence electrons. The molecule has 0 aromatic carbocycles. The topological polar surface area (TPSA) is 55.4 Å². The maximum Gasteiger partial charge on any atom is 0.301 e. The molecule has 2 N–H and O–H groups in total. The van der Waals surface area contributed by atoms with E-state index in [2.05, 4.69) is 4.99 Å². The van der Waals surface area contributed by atoms with Gasteiger partial charge >= 0.3 is 6.08 Å². The highest BCUT2D eigenvalue weighted by atomic mass is 32.2. The predicted molar refractivity (Wildman–Crippen MR) is 67.7 cm³/mol. The van der Waals surface area contributed by atoms with Crippen LogP contribution in [0.4, 0.5) is 13.2 Å². The average molecular weight is 294 g/mol. The normalized spacial score (nSPS) is 11.4. The molecule has 8 heteroatoms. The molecule has 0 radical (unpaired) electrons. The van der Waals surface area contributed by atoms with E-state index in [9.17, 15) is 18.0 Å². The number of hydrogen-bond acceptors (Lipinski definition) is 3. The van der Waals surface area contributed by atoms with Crippen LogP contribution in [-0.2, 0) is 0 Å². The van der Waals surface area contributed by atoms with Crippen molar-refractivity contribution < 1.29 is 18.0 Å². The number of amidine groups is 1. The number of aliphatic imine (C=N–C) groups is 1. The summed E-state index contributed by atoms with van der Waals surface area (Å²) >= 11 is 2.07. The summed E-state index contributed by atoms with van der Waals surface area (Å²) in [5, 5.41) is 1.65. The van der Waals surface area contributed by atoms with Crippen molar-refractivity contribution in [1.29, 1.82) is 0 Å². The second-order valence-electron chi connectivity index (χ2n) is 3.00. The van der Waals surface area contributed by atoms with E-state index in [1.165, 1.54) is 11.3 Å². The van der Waals surface area contributed by atoms with Gasteiger partial charge < -0.3 is 5.73 Å². The number of nitrogens with two attached hydrogens (primary N) is 1. The first-order chi connectivity index (χ1) is 8.50. The number of carbonyl (C=O) groups excluding carboxylic acids is 1. The van der Waals surface area contributed by atoms with Gasteiger partial charge in [0, 0.05) is 12.2 Å². The highest BCUT2D eigenvalue weighted by molar-refractivity contribution is 8.13. The highest BCUT2D eigenvalue weighted by Crippen LogP contribution is 2.17. The van der Waals surface area contributed by atoms with Gasteiger partial charge in [0.25, 0.3) is 5.91 Å². The Kier molecular flexibility index (Phi) is 5.93. The number of nitrogens with zero attached hydrogens (tertiary/aromatic N) is 1. The summed E-state index contributed by atoms with van der Waals surface area (Å²) in [7, 11) is 0. The lowest BCUT2D eigenvalue weighted by Crippen LogP contribution is -2.10. The summed E-state index contributed by atoms with van der Waals surface area (Å²) in [6, 6.07) is 3.29. The SMILES string of the molecule is NC(=NC(=O)c1cccs1)SCCC(F)=C(F)F. The van der Waals surface area contributed by atoms with Gasteiger partial charge in [0.2, 0.25) is 0 Å². The van der Waals surface area contributed by atoms with Gasteiger partial charge in [-0.05, 0) is 11.4 Å². The summed E-state index contributed by atoms with van der Waals surface area (Å²) in [5.74, 6) is -1.97. The average Bonchev–Trinajstić information content (AvgIpc) is 2.81. The molecule has 0 bridgehead atoms. The van der Waals surface area contributed by atoms with Crippen molar-refractivity contribution in [1.82, 2.24) is 0 Å². The van der Waals surface area contributed by atoms with E-state index in [4.69, 9.17) is 5.73 Å². The van der Waals surface area contributed by atoms with Crippen LogP contribution in [0.2, 0.25) is 0 Å². The smallest absolute Gasteiger partial charge is 0.301 e. The molecule has 0 aliphatic heterocycles. The Bertz CT molecular complexity index is 467. The quantitative estimate of drug-likeness (QED) is 0.684. The summed E-state index contributed by atoms with van der Waals surface area (Å²) in [6.07, 6.45) is -2.78. The Morgan fingerprint density at radius 2 is 2.17 bits per heavy atom. The lowest BCUT2D eigenvalue weighted by Gasteiger charge is -1.98. The first kappa shape index (κ1) is 14.8. The Hall–Kier alpha value is -1.28. The molecule has 0 unspecified atom stereocenters. The van der Waals surface area contributed by atoms with E-state index in [1.54, 1.807) is 17.5 Å². The molecule has 1 amide bonds. The van der Waals surface area contributed by atoms with E-state index < -0.39 is 24.2 Å². The molecule has 0 spiro atoms. The molecule has 0 fully saturated rings. The van der Waals surface area contributed by atoms with Gasteiger partial charge in [-0.3, -0.25) is 4.79 Å². The van der Waals surface area contributed by atoms with Crippen molar-refractivity contribution >= 4 is 34.2 Å². The summed E-state index contributed by atoms with van der Waals surface area (Å²) in [6.45, 7) is 0. The van der Waals surface area contributed by atoms with Crippen molar-refractivity contribution in [3.63, 3.8) is 0 Å². The first-order valence-corrected chi connectivity index (χ1v) is 6.61. The molecule has 1 heterocycles. The van der Waals surface area contributed by atoms with Gasteiger partial charge in [-0.25, -0.2) is 4.39 Å². The second-order valence-corrected chi connectivity index (χ2v) is 5.06. The van der Waals surface area contributed by atoms with Crippen LogP contribution in [-0.4, -0.2) is 16.8 Å². The monoisotopic (exact) mass is 294 g/mol. The number of thioether (sulfide) groups is 1. The lowest BCUT2D eigenvalue weighted by atomic mass is 10.4. The predicted octanol–water partition coefficient (Wildman–Crippen LogP) is 3.40. The van der Waals surface area contributed by atoms with E-state index in [1.807, 2.05) is 0 Å². The van der Waals surface area contributed by atoms with Gasteiger partial charge in [-0.1, -0.05) is 17.8 Å². The third-order valence-electron chi connectivity index (χ3n) is 1.72. The molecule has 0 aliphatic rings. The van der Waals surface area contributed by atoms with Crippen LogP contribution in [0.1, 0.15) is 16.1 Å². The number of halogens is 3. The molecule has 0 saturated carbocycles. The van der Waals surface area contributed by atoms with Crippen molar-refractivity contribution in [3.8, 4) is 0 Å². The van der Waals surface area contributed by atoms with Crippen LogP contribution >= 0.6 is 23.1 Å². The highest BCUT2D eigenvalue weighted by Gasteiger charge is 2.08. The van der Waals surface area contributed by atoms with Crippen molar-refractivity contribution in [3.05, 3.63) is 34.3 Å². The fraction of sp³-hybridized carbons (Fsp3) is 0.200. The fourth-order valence-corrected chi connectivity index (χ4v) is 2.17. The van der Waals surface area contributed by atoms with Crippen molar-refractivity contribution in [2.24, 2.45) is 10.7 Å². The molecule has 0 saturated heterocycles. The minimum atomic E-state index is -2.33. The molecular formula is C10H9F3N2OS2. The number of allylic oxidation sites excluding steroid dienone is 1. The number of hydrogen-bond donors (Lipinski definition) is 1. The molecule has 1 rings (SSSR count). The number of amides is 1. The van der Waals surface area contributed by atoms with E-state index in [-0.39, 0.29) is 10.9 Å². The maximum absolute atomic E-state index is 12.4. The van der Waals surface area contributed by atoms with Gasteiger partial charge in [-0.15, -0.1) is 11.3 Å². The minimum Gasteiger partial charge on any atom is -0.378 e. The van der Waals surface area contributed by atoms with Crippen molar-refractivity contribution in [2.75, 3.05) is 5.75 Å². The standard InChI is InChI=1S/C10H9F3N2OS2/c11-6(8(12)13)3-5-18-10(14)15-9(16)7-2-1-4-17-7/h1-2,4H,3,5H2,(H2,14,15,16). The lowest BCUT2D eigenvalue weighted by molar-refractivity contribution is 0.101. The Balaban J connectivity index is 2.44. The third-order valence-corrected chi connectivity index (χ3v) is 3.37. The van der Waals surface area contributed by atoms with Crippen LogP contribution in [0.15, 0.2) is 34.4 Å². The maximum atomic E-state index is 12.4. The first-order valence-electron chi connectivity index (χ1n) is 4.75. The summed E-state index contributed by atoms with van der Waals surface area (Å²) in [4.78, 5) is 15.4. The van der Waals surface area contributed by atoms with Crippen LogP contribution < -0.4 is 5.73 Å². The van der Waals surface area contributed by atoms with E-state index in [0.29, 0.717) is 4.88 Å². The Labute approximate surface area is 110 Å². The van der Waals surface area contributed by atoms with Crippen LogP contribution in [0.3, 0.4) is 0 Å². The van der Waals surface area contributed by atoms with Gasteiger partial charge in [-0.2, -0.15) is 13.8 Å². The van der Waals surface area contributed by atoms with E-state index in [0.717, 1.165) is 11.8 Å². The number of thiophene rings is 1. The second kappa shape index (κ2) is 7.22. The molecule has 18 heavy (non-hydrogen) atoms. The molecule has 1 aromatic heterocycles. The number of rotatable bonds is 4. The zero-order chi connectivity index (χ0) is 13.5. The largest absolute Gasteiger partial charge is 0.378 e. The summed E-state index contributed by atoms with van der Waals surface area (Å²) < 4.78 is 35.9. The molecule has 0 aliphatic carbocycles. The Morgan fingerprint density at radius 3 is 2.72 bits per heavy atom. The molecular weight excluding hydrogens is 285 g/mol. The number of carbonyl (C=O) groups is 1. The van der Waals surface area contributed by atoms with Crippen molar-refractivity contribution in [2.45, 2.75) is 6.42 Å². The van der Waals surface area contributed by atoms with E-state index >= 15 is 0 Å².